The Labute approximate surface area is 442 Å². The second kappa shape index (κ2) is 50.7. The van der Waals surface area contributed by atoms with Gasteiger partial charge in [0, 0.05) is 0 Å². The van der Waals surface area contributed by atoms with Crippen molar-refractivity contribution in [1.29, 1.82) is 0 Å². The van der Waals surface area contributed by atoms with Crippen LogP contribution in [0.25, 0.3) is 0 Å². The molecule has 0 aromatic heterocycles. The number of amides is 1. The van der Waals surface area contributed by atoms with E-state index in [0.29, 0.717) is 12.8 Å². The Hall–Kier alpha value is -1.15. The van der Waals surface area contributed by atoms with E-state index < -0.39 is 74.2 Å². The maximum absolute atomic E-state index is 13.2. The van der Waals surface area contributed by atoms with Gasteiger partial charge in [0.15, 0.2) is 6.29 Å². The van der Waals surface area contributed by atoms with E-state index in [4.69, 9.17) is 9.47 Å². The number of carbonyl (C=O) groups is 1. The van der Waals surface area contributed by atoms with Crippen molar-refractivity contribution in [2.45, 2.75) is 358 Å². The molecular formula is C61H119NO10. The lowest BCUT2D eigenvalue weighted by Gasteiger charge is -2.40. The number of aliphatic hydroxyl groups excluding tert-OH is 7. The van der Waals surface area contributed by atoms with Gasteiger partial charge in [-0.1, -0.05) is 276 Å². The summed E-state index contributed by atoms with van der Waals surface area (Å²) in [5, 5.41) is 76.2. The molecule has 11 nitrogen and oxygen atoms in total. The number of nitrogens with one attached hydrogen (secondary N) is 1. The monoisotopic (exact) mass is 1030 g/mol. The average Bonchev–Trinajstić information content (AvgIpc) is 3.38. The van der Waals surface area contributed by atoms with Crippen LogP contribution in [0.1, 0.15) is 303 Å². The van der Waals surface area contributed by atoms with Gasteiger partial charge in [-0.05, 0) is 38.5 Å². The molecule has 0 bridgehead atoms. The molecule has 1 aliphatic rings. The molecule has 0 aromatic carbocycles. The fourth-order valence-corrected chi connectivity index (χ4v) is 10.3. The summed E-state index contributed by atoms with van der Waals surface area (Å²) in [4.78, 5) is 13.2. The minimum absolute atomic E-state index is 0.260. The van der Waals surface area contributed by atoms with Crippen LogP contribution in [0, 0.1) is 0 Å². The Morgan fingerprint density at radius 2 is 0.819 bits per heavy atom. The summed E-state index contributed by atoms with van der Waals surface area (Å²) in [7, 11) is 0. The smallest absolute Gasteiger partial charge is 0.249 e. The van der Waals surface area contributed by atoms with Crippen molar-refractivity contribution < 1.29 is 50.0 Å². The van der Waals surface area contributed by atoms with E-state index in [9.17, 15) is 40.5 Å². The fourth-order valence-electron chi connectivity index (χ4n) is 10.3. The van der Waals surface area contributed by atoms with Crippen LogP contribution in [-0.4, -0.2) is 110 Å². The van der Waals surface area contributed by atoms with E-state index >= 15 is 0 Å². The lowest BCUT2D eigenvalue weighted by atomic mass is 9.98. The first-order valence-corrected chi connectivity index (χ1v) is 31.1. The molecule has 0 saturated carbocycles. The van der Waals surface area contributed by atoms with Crippen molar-refractivity contribution in [2.24, 2.45) is 0 Å². The summed E-state index contributed by atoms with van der Waals surface area (Å²) in [6.45, 7) is 3.49. The largest absolute Gasteiger partial charge is 0.394 e. The molecule has 72 heavy (non-hydrogen) atoms. The zero-order chi connectivity index (χ0) is 52.5. The summed E-state index contributed by atoms with van der Waals surface area (Å²) >= 11 is 0. The number of rotatable bonds is 54. The molecule has 9 unspecified atom stereocenters. The average molecular weight is 1030 g/mol. The molecule has 1 heterocycles. The van der Waals surface area contributed by atoms with Gasteiger partial charge >= 0.3 is 0 Å². The van der Waals surface area contributed by atoms with Gasteiger partial charge in [-0.25, -0.2) is 0 Å². The second-order valence-electron chi connectivity index (χ2n) is 22.1. The SMILES string of the molecule is CCCCCCCCCCCCCCCC/C=C/CCCC(O)C(O)C(COC1OC(CO)C(O)C(O)C1O)NC(=O)C(O)CCCCCCCCCCCCCCCCCCCCCCCCCCCC. The predicted molar refractivity (Wildman–Crippen MR) is 298 cm³/mol. The Balaban J connectivity index is 2.26. The number of hydrogen-bond donors (Lipinski definition) is 8. The minimum atomic E-state index is -1.67. The van der Waals surface area contributed by atoms with Crippen LogP contribution < -0.4 is 5.32 Å². The number of unbranched alkanes of at least 4 members (excludes halogenated alkanes) is 40. The molecule has 11 heteroatoms. The lowest BCUT2D eigenvalue weighted by Crippen LogP contribution is -2.60. The first kappa shape index (κ1) is 68.9. The molecule has 1 rings (SSSR count). The van der Waals surface area contributed by atoms with Crippen molar-refractivity contribution in [2.75, 3.05) is 13.2 Å². The van der Waals surface area contributed by atoms with E-state index in [1.807, 2.05) is 0 Å². The predicted octanol–water partition coefficient (Wildman–Crippen LogP) is 13.5. The number of hydrogen-bond acceptors (Lipinski definition) is 10. The van der Waals surface area contributed by atoms with E-state index in [0.717, 1.165) is 38.5 Å². The normalized spacial score (nSPS) is 20.0. The van der Waals surface area contributed by atoms with Gasteiger partial charge in [-0.15, -0.1) is 0 Å². The maximum Gasteiger partial charge on any atom is 0.249 e. The van der Waals surface area contributed by atoms with E-state index in [-0.39, 0.29) is 12.8 Å². The molecule has 1 fully saturated rings. The molecule has 428 valence electrons. The summed E-state index contributed by atoms with van der Waals surface area (Å²) in [6.07, 6.45) is 48.5. The highest BCUT2D eigenvalue weighted by Crippen LogP contribution is 2.24. The first-order chi connectivity index (χ1) is 35.2. The third-order valence-electron chi connectivity index (χ3n) is 15.3. The van der Waals surface area contributed by atoms with Crippen LogP contribution in [0.4, 0.5) is 0 Å². The van der Waals surface area contributed by atoms with E-state index in [1.165, 1.54) is 225 Å². The maximum atomic E-state index is 13.2. The van der Waals surface area contributed by atoms with Gasteiger partial charge in [0.25, 0.3) is 0 Å². The summed E-state index contributed by atoms with van der Waals surface area (Å²) in [5.74, 6) is -0.699. The number of ether oxygens (including phenoxy) is 2. The van der Waals surface area contributed by atoms with Crippen LogP contribution in [0.15, 0.2) is 12.2 Å². The van der Waals surface area contributed by atoms with Gasteiger partial charge in [0.1, 0.15) is 36.6 Å². The van der Waals surface area contributed by atoms with Crippen molar-refractivity contribution in [1.82, 2.24) is 5.32 Å². The number of aliphatic hydroxyl groups is 7. The first-order valence-electron chi connectivity index (χ1n) is 31.1. The fraction of sp³-hybridized carbons (Fsp3) is 0.951. The molecule has 0 spiro atoms. The molecule has 9 atom stereocenters. The Kier molecular flexibility index (Phi) is 48.4. The standard InChI is InChI=1S/C61H119NO10/c1-3-5-7-9-11-13-15-17-19-21-23-24-25-26-27-28-29-31-33-35-37-39-41-43-45-47-49-54(65)60(70)62-52(51-71-61-59(69)58(68)57(67)55(50-63)72-61)56(66)53(64)48-46-44-42-40-38-36-34-32-30-22-20-18-16-14-12-10-8-6-4-2/h40,42,52-59,61,63-69H,3-39,41,43-51H2,1-2H3,(H,62,70)/b42-40+. The highest BCUT2D eigenvalue weighted by molar-refractivity contribution is 5.80. The summed E-state index contributed by atoms with van der Waals surface area (Å²) in [6, 6.07) is -1.18. The van der Waals surface area contributed by atoms with Crippen LogP contribution in [-0.2, 0) is 14.3 Å². The van der Waals surface area contributed by atoms with Crippen molar-refractivity contribution in [3.05, 3.63) is 12.2 Å². The quantitative estimate of drug-likeness (QED) is 0.0215. The van der Waals surface area contributed by atoms with Crippen LogP contribution in [0.5, 0.6) is 0 Å². The number of carbonyl (C=O) groups excluding carboxylic acids is 1. The zero-order valence-corrected chi connectivity index (χ0v) is 46.9. The van der Waals surface area contributed by atoms with E-state index in [1.54, 1.807) is 0 Å². The van der Waals surface area contributed by atoms with Crippen LogP contribution in [0.3, 0.4) is 0 Å². The van der Waals surface area contributed by atoms with Crippen LogP contribution >= 0.6 is 0 Å². The topological polar surface area (TPSA) is 189 Å². The summed E-state index contributed by atoms with van der Waals surface area (Å²) < 4.78 is 11.2. The number of allylic oxidation sites excluding steroid dienone is 2. The molecule has 8 N–H and O–H groups in total. The Morgan fingerprint density at radius 1 is 0.472 bits per heavy atom. The highest BCUT2D eigenvalue weighted by Gasteiger charge is 2.44. The van der Waals surface area contributed by atoms with Crippen molar-refractivity contribution in [3.63, 3.8) is 0 Å². The van der Waals surface area contributed by atoms with Crippen molar-refractivity contribution in [3.8, 4) is 0 Å². The second-order valence-corrected chi connectivity index (χ2v) is 22.1. The van der Waals surface area contributed by atoms with Gasteiger partial charge < -0.3 is 50.5 Å². The summed E-state index contributed by atoms with van der Waals surface area (Å²) in [5.41, 5.74) is 0. The minimum Gasteiger partial charge on any atom is -0.394 e. The molecule has 0 radical (unpaired) electrons. The Bertz CT molecular complexity index is 1180. The van der Waals surface area contributed by atoms with Gasteiger partial charge in [-0.3, -0.25) is 4.79 Å². The molecule has 1 aliphatic heterocycles. The molecule has 0 aliphatic carbocycles. The van der Waals surface area contributed by atoms with Gasteiger partial charge in [-0.2, -0.15) is 0 Å². The third-order valence-corrected chi connectivity index (χ3v) is 15.3. The molecule has 1 saturated heterocycles. The van der Waals surface area contributed by atoms with Crippen molar-refractivity contribution >= 4 is 5.91 Å². The molecule has 1 amide bonds. The van der Waals surface area contributed by atoms with Crippen LogP contribution in [0.2, 0.25) is 0 Å². The molecular weight excluding hydrogens is 907 g/mol. The van der Waals surface area contributed by atoms with Gasteiger partial charge in [0.2, 0.25) is 5.91 Å². The highest BCUT2D eigenvalue weighted by atomic mass is 16.7. The lowest BCUT2D eigenvalue weighted by molar-refractivity contribution is -0.303. The van der Waals surface area contributed by atoms with E-state index in [2.05, 4.69) is 31.3 Å². The molecule has 0 aromatic rings. The zero-order valence-electron chi connectivity index (χ0n) is 46.9. The Morgan fingerprint density at radius 3 is 1.19 bits per heavy atom. The third kappa shape index (κ3) is 38.4. The van der Waals surface area contributed by atoms with Gasteiger partial charge in [0.05, 0.1) is 25.4 Å².